The lowest BCUT2D eigenvalue weighted by Crippen LogP contribution is -2.55. The van der Waals surface area contributed by atoms with Gasteiger partial charge in [0.1, 0.15) is 0 Å². The molecule has 1 unspecified atom stereocenters. The number of primary amides is 1. The van der Waals surface area contributed by atoms with Gasteiger partial charge in [-0.2, -0.15) is 0 Å². The Morgan fingerprint density at radius 2 is 1.89 bits per heavy atom. The van der Waals surface area contributed by atoms with Crippen LogP contribution in [0.3, 0.4) is 0 Å². The Hall–Kier alpha value is -0.610. The quantitative estimate of drug-likeness (QED) is 0.737. The second-order valence-corrected chi connectivity index (χ2v) is 6.64. The van der Waals surface area contributed by atoms with Crippen molar-refractivity contribution in [2.24, 2.45) is 5.73 Å². The van der Waals surface area contributed by atoms with Crippen LogP contribution < -0.4 is 11.1 Å². The molecule has 2 aliphatic carbocycles. The van der Waals surface area contributed by atoms with Crippen LogP contribution in [0.15, 0.2) is 0 Å². The molecule has 2 fully saturated rings. The van der Waals surface area contributed by atoms with E-state index in [1.807, 2.05) is 6.92 Å². The third-order valence-corrected chi connectivity index (χ3v) is 4.81. The molecule has 2 saturated carbocycles. The van der Waals surface area contributed by atoms with Gasteiger partial charge in [0.05, 0.1) is 5.54 Å². The topological polar surface area (TPSA) is 58.4 Å². The van der Waals surface area contributed by atoms with Crippen molar-refractivity contribution in [1.82, 2.24) is 10.2 Å². The zero-order chi connectivity index (χ0) is 13.9. The van der Waals surface area contributed by atoms with Gasteiger partial charge in [-0.25, -0.2) is 0 Å². The maximum atomic E-state index is 11.7. The Balaban J connectivity index is 1.81. The van der Waals surface area contributed by atoms with Crippen molar-refractivity contribution < 1.29 is 4.79 Å². The lowest BCUT2D eigenvalue weighted by atomic mass is 9.92. The fourth-order valence-electron chi connectivity index (χ4n) is 3.05. The summed E-state index contributed by atoms with van der Waals surface area (Å²) in [5.41, 5.74) is 5.05. The van der Waals surface area contributed by atoms with Crippen molar-refractivity contribution in [2.75, 3.05) is 13.6 Å². The van der Waals surface area contributed by atoms with Crippen molar-refractivity contribution in [3.05, 3.63) is 0 Å². The Morgan fingerprint density at radius 3 is 2.42 bits per heavy atom. The van der Waals surface area contributed by atoms with Gasteiger partial charge in [0.15, 0.2) is 0 Å². The molecule has 4 nitrogen and oxygen atoms in total. The number of hydrogen-bond donors (Lipinski definition) is 2. The minimum Gasteiger partial charge on any atom is -0.368 e. The molecule has 0 heterocycles. The summed E-state index contributed by atoms with van der Waals surface area (Å²) >= 11 is 0. The number of amides is 1. The predicted molar refractivity (Wildman–Crippen MR) is 77.9 cm³/mol. The standard InChI is InChI=1S/C15H29N3O/c1-15(14(16)19,17-12-8-9-12)10-11-18(2)13-6-4-3-5-7-13/h12-13,17H,3-11H2,1-2H3,(H2,16,19). The number of nitrogens with one attached hydrogen (secondary N) is 1. The minimum absolute atomic E-state index is 0.212. The Bertz CT molecular complexity index is 311. The fourth-order valence-corrected chi connectivity index (χ4v) is 3.05. The van der Waals surface area contributed by atoms with Crippen LogP contribution in [-0.2, 0) is 4.79 Å². The summed E-state index contributed by atoms with van der Waals surface area (Å²) in [5, 5.41) is 3.42. The second kappa shape index (κ2) is 6.23. The monoisotopic (exact) mass is 267 g/mol. The molecule has 19 heavy (non-hydrogen) atoms. The number of rotatable bonds is 7. The molecule has 0 aliphatic heterocycles. The first-order chi connectivity index (χ1) is 9.01. The molecule has 0 aromatic heterocycles. The zero-order valence-electron chi connectivity index (χ0n) is 12.5. The Labute approximate surface area is 117 Å². The highest BCUT2D eigenvalue weighted by Gasteiger charge is 2.37. The minimum atomic E-state index is -0.538. The van der Waals surface area contributed by atoms with Crippen molar-refractivity contribution >= 4 is 5.91 Å². The molecule has 1 atom stereocenters. The molecule has 0 spiro atoms. The van der Waals surface area contributed by atoms with E-state index in [2.05, 4.69) is 17.3 Å². The van der Waals surface area contributed by atoms with E-state index in [1.54, 1.807) is 0 Å². The van der Waals surface area contributed by atoms with Gasteiger partial charge >= 0.3 is 0 Å². The summed E-state index contributed by atoms with van der Waals surface area (Å²) in [6.45, 7) is 2.91. The van der Waals surface area contributed by atoms with E-state index < -0.39 is 5.54 Å². The first kappa shape index (κ1) is 14.8. The molecule has 110 valence electrons. The number of nitrogens with two attached hydrogens (primary N) is 1. The average molecular weight is 267 g/mol. The van der Waals surface area contributed by atoms with Gasteiger partial charge in [0, 0.05) is 18.6 Å². The number of carbonyl (C=O) groups excluding carboxylic acids is 1. The maximum absolute atomic E-state index is 11.7. The van der Waals surface area contributed by atoms with E-state index in [9.17, 15) is 4.79 Å². The van der Waals surface area contributed by atoms with Gasteiger partial charge in [-0.3, -0.25) is 4.79 Å². The second-order valence-electron chi connectivity index (χ2n) is 6.64. The Morgan fingerprint density at radius 1 is 1.26 bits per heavy atom. The van der Waals surface area contributed by atoms with E-state index in [-0.39, 0.29) is 5.91 Å². The number of hydrogen-bond acceptors (Lipinski definition) is 3. The molecule has 0 radical (unpaired) electrons. The van der Waals surface area contributed by atoms with E-state index in [0.717, 1.165) is 13.0 Å². The Kier molecular flexibility index (Phi) is 4.85. The van der Waals surface area contributed by atoms with Crippen molar-refractivity contribution in [3.63, 3.8) is 0 Å². The predicted octanol–water partition coefficient (Wildman–Crippen LogP) is 1.64. The zero-order valence-corrected chi connectivity index (χ0v) is 12.5. The SMILES string of the molecule is CN(CCC(C)(NC1CC1)C(N)=O)C1CCCCC1. The fraction of sp³-hybridized carbons (Fsp3) is 0.933. The maximum Gasteiger partial charge on any atom is 0.237 e. The van der Waals surface area contributed by atoms with Gasteiger partial charge in [0.25, 0.3) is 0 Å². The molecule has 0 aromatic carbocycles. The molecule has 0 saturated heterocycles. The van der Waals surface area contributed by atoms with Crippen LogP contribution in [0, 0.1) is 0 Å². The summed E-state index contributed by atoms with van der Waals surface area (Å²) in [5.74, 6) is -0.212. The van der Waals surface area contributed by atoms with Gasteiger partial charge in [-0.1, -0.05) is 19.3 Å². The van der Waals surface area contributed by atoms with Gasteiger partial charge in [-0.05, 0) is 46.1 Å². The molecule has 1 amide bonds. The lowest BCUT2D eigenvalue weighted by molar-refractivity contribution is -0.124. The molecular formula is C15H29N3O. The van der Waals surface area contributed by atoms with E-state index >= 15 is 0 Å². The molecule has 3 N–H and O–H groups in total. The third kappa shape index (κ3) is 4.18. The first-order valence-electron chi connectivity index (χ1n) is 7.79. The van der Waals surface area contributed by atoms with Gasteiger partial charge in [0.2, 0.25) is 5.91 Å². The third-order valence-electron chi connectivity index (χ3n) is 4.81. The van der Waals surface area contributed by atoms with Crippen LogP contribution in [0.25, 0.3) is 0 Å². The number of nitrogens with zero attached hydrogens (tertiary/aromatic N) is 1. The largest absolute Gasteiger partial charge is 0.368 e. The van der Waals surface area contributed by atoms with Crippen LogP contribution in [0.5, 0.6) is 0 Å². The van der Waals surface area contributed by atoms with Gasteiger partial charge < -0.3 is 16.0 Å². The van der Waals surface area contributed by atoms with Crippen LogP contribution in [0.1, 0.15) is 58.3 Å². The molecule has 2 rings (SSSR count). The van der Waals surface area contributed by atoms with Crippen molar-refractivity contribution in [3.8, 4) is 0 Å². The normalized spacial score (nSPS) is 24.4. The van der Waals surface area contributed by atoms with Crippen LogP contribution in [0.2, 0.25) is 0 Å². The highest BCUT2D eigenvalue weighted by Crippen LogP contribution is 2.25. The van der Waals surface area contributed by atoms with Gasteiger partial charge in [-0.15, -0.1) is 0 Å². The lowest BCUT2D eigenvalue weighted by Gasteiger charge is -2.34. The summed E-state index contributed by atoms with van der Waals surface area (Å²) in [6, 6.07) is 1.21. The van der Waals surface area contributed by atoms with Crippen LogP contribution in [0.4, 0.5) is 0 Å². The first-order valence-corrected chi connectivity index (χ1v) is 7.79. The molecule has 0 bridgehead atoms. The smallest absolute Gasteiger partial charge is 0.237 e. The highest BCUT2D eigenvalue weighted by atomic mass is 16.1. The summed E-state index contributed by atoms with van der Waals surface area (Å²) in [7, 11) is 2.19. The highest BCUT2D eigenvalue weighted by molar-refractivity contribution is 5.84. The molecule has 4 heteroatoms. The van der Waals surface area contributed by atoms with Crippen LogP contribution >= 0.6 is 0 Å². The van der Waals surface area contributed by atoms with Crippen molar-refractivity contribution in [1.29, 1.82) is 0 Å². The van der Waals surface area contributed by atoms with E-state index in [0.29, 0.717) is 12.1 Å². The van der Waals surface area contributed by atoms with E-state index in [1.165, 1.54) is 44.9 Å². The summed E-state index contributed by atoms with van der Waals surface area (Å²) in [4.78, 5) is 14.1. The van der Waals surface area contributed by atoms with E-state index in [4.69, 9.17) is 5.73 Å². The summed E-state index contributed by atoms with van der Waals surface area (Å²) < 4.78 is 0. The van der Waals surface area contributed by atoms with Crippen molar-refractivity contribution in [2.45, 2.75) is 75.9 Å². The van der Waals surface area contributed by atoms with Crippen LogP contribution in [-0.4, -0.2) is 42.0 Å². The average Bonchev–Trinajstić information content (AvgIpc) is 3.20. The number of carbonyl (C=O) groups is 1. The molecular weight excluding hydrogens is 238 g/mol. The molecule has 0 aromatic rings. The summed E-state index contributed by atoms with van der Waals surface area (Å²) in [6.07, 6.45) is 9.87. The molecule has 2 aliphatic rings.